The average molecular weight is 465 g/mol. The third kappa shape index (κ3) is 4.42. The van der Waals surface area contributed by atoms with Crippen LogP contribution in [-0.4, -0.2) is 43.6 Å². The molecule has 2 aromatic heterocycles. The molecule has 0 unspecified atom stereocenters. The van der Waals surface area contributed by atoms with E-state index in [1.54, 1.807) is 26.2 Å². The summed E-state index contributed by atoms with van der Waals surface area (Å²) >= 11 is 1.43. The number of likely N-dealkylation sites (N-methyl/N-ethyl adjacent to an activating group) is 1. The Morgan fingerprint density at radius 2 is 2.10 bits per heavy atom. The van der Waals surface area contributed by atoms with Crippen LogP contribution >= 0.6 is 23.7 Å². The topological polar surface area (TPSA) is 81.0 Å². The summed E-state index contributed by atoms with van der Waals surface area (Å²) in [7, 11) is 1.55. The van der Waals surface area contributed by atoms with Crippen LogP contribution in [-0.2, 0) is 17.7 Å². The SMILES string of the molecule is CCOC(=O)c1c(NC(=O)c2cc3cccc(OC)c3o2)sc2c1CCN(CC)C2.Cl. The maximum absolute atomic E-state index is 12.9. The van der Waals surface area contributed by atoms with Crippen LogP contribution in [0.1, 0.15) is 45.2 Å². The van der Waals surface area contributed by atoms with Gasteiger partial charge in [-0.1, -0.05) is 19.1 Å². The molecule has 7 nitrogen and oxygen atoms in total. The van der Waals surface area contributed by atoms with E-state index < -0.39 is 11.9 Å². The summed E-state index contributed by atoms with van der Waals surface area (Å²) in [5, 5.41) is 4.16. The van der Waals surface area contributed by atoms with Gasteiger partial charge in [-0.05, 0) is 37.6 Å². The number of anilines is 1. The number of furan rings is 1. The van der Waals surface area contributed by atoms with Crippen LogP contribution in [0.25, 0.3) is 11.0 Å². The van der Waals surface area contributed by atoms with Crippen molar-refractivity contribution in [3.05, 3.63) is 46.0 Å². The maximum Gasteiger partial charge on any atom is 0.341 e. The van der Waals surface area contributed by atoms with Crippen LogP contribution in [0.4, 0.5) is 5.00 Å². The van der Waals surface area contributed by atoms with Crippen molar-refractivity contribution in [2.75, 3.05) is 32.1 Å². The molecular formula is C22H25ClN2O5S. The zero-order chi connectivity index (χ0) is 21.3. The summed E-state index contributed by atoms with van der Waals surface area (Å²) in [6, 6.07) is 7.14. The van der Waals surface area contributed by atoms with E-state index >= 15 is 0 Å². The predicted molar refractivity (Wildman–Crippen MR) is 123 cm³/mol. The van der Waals surface area contributed by atoms with Gasteiger partial charge in [0.25, 0.3) is 5.91 Å². The fourth-order valence-corrected chi connectivity index (χ4v) is 4.98. The molecule has 0 aliphatic carbocycles. The minimum atomic E-state index is -0.412. The summed E-state index contributed by atoms with van der Waals surface area (Å²) in [6.45, 7) is 6.75. The second-order valence-corrected chi connectivity index (χ2v) is 8.10. The molecule has 0 fully saturated rings. The zero-order valence-electron chi connectivity index (χ0n) is 17.6. The highest BCUT2D eigenvalue weighted by Gasteiger charge is 2.29. The number of rotatable bonds is 6. The lowest BCUT2D eigenvalue weighted by atomic mass is 10.0. The molecule has 0 bridgehead atoms. The number of thiophene rings is 1. The highest BCUT2D eigenvalue weighted by Crippen LogP contribution is 2.38. The quantitative estimate of drug-likeness (QED) is 0.531. The number of methoxy groups -OCH3 is 1. The van der Waals surface area contributed by atoms with Gasteiger partial charge in [-0.2, -0.15) is 0 Å². The fraction of sp³-hybridized carbons (Fsp3) is 0.364. The number of nitrogens with one attached hydrogen (secondary N) is 1. The van der Waals surface area contributed by atoms with Crippen molar-refractivity contribution in [3.63, 3.8) is 0 Å². The van der Waals surface area contributed by atoms with Gasteiger partial charge in [0.05, 0.1) is 19.3 Å². The van der Waals surface area contributed by atoms with E-state index in [2.05, 4.69) is 17.1 Å². The summed E-state index contributed by atoms with van der Waals surface area (Å²) in [5.41, 5.74) is 1.96. The van der Waals surface area contributed by atoms with Crippen LogP contribution in [0.5, 0.6) is 5.75 Å². The summed E-state index contributed by atoms with van der Waals surface area (Å²) in [6.07, 6.45) is 0.755. The molecule has 0 atom stereocenters. The molecule has 3 heterocycles. The number of nitrogens with zero attached hydrogens (tertiary/aromatic N) is 1. The molecular weight excluding hydrogens is 440 g/mol. The molecule has 31 heavy (non-hydrogen) atoms. The van der Waals surface area contributed by atoms with Gasteiger partial charge >= 0.3 is 5.97 Å². The molecule has 9 heteroatoms. The molecule has 1 amide bonds. The minimum Gasteiger partial charge on any atom is -0.493 e. The number of hydrogen-bond donors (Lipinski definition) is 1. The van der Waals surface area contributed by atoms with E-state index in [1.807, 2.05) is 12.1 Å². The number of hydrogen-bond acceptors (Lipinski definition) is 7. The molecule has 1 aliphatic heterocycles. The Morgan fingerprint density at radius 1 is 1.29 bits per heavy atom. The number of esters is 1. The normalized spacial score (nSPS) is 13.4. The van der Waals surface area contributed by atoms with Crippen LogP contribution < -0.4 is 10.1 Å². The smallest absolute Gasteiger partial charge is 0.341 e. The number of fused-ring (bicyclic) bond motifs is 2. The standard InChI is InChI=1S/C22H24N2O5S.ClH/c1-4-24-10-9-14-17(12-24)30-21(18(14)22(26)28-5-2)23-20(25)16-11-13-7-6-8-15(27-3)19(13)29-16;/h6-8,11H,4-5,9-10,12H2,1-3H3,(H,23,25);1H. The van der Waals surface area contributed by atoms with E-state index in [9.17, 15) is 9.59 Å². The van der Waals surface area contributed by atoms with Gasteiger partial charge in [0.15, 0.2) is 17.1 Å². The Balaban J connectivity index is 0.00000272. The number of halogens is 1. The lowest BCUT2D eigenvalue weighted by Gasteiger charge is -2.25. The summed E-state index contributed by atoms with van der Waals surface area (Å²) in [5.74, 6) is -0.0952. The van der Waals surface area contributed by atoms with Crippen molar-refractivity contribution in [3.8, 4) is 5.75 Å². The molecule has 166 valence electrons. The Morgan fingerprint density at radius 3 is 2.81 bits per heavy atom. The fourth-order valence-electron chi connectivity index (χ4n) is 3.71. The zero-order valence-corrected chi connectivity index (χ0v) is 19.3. The minimum absolute atomic E-state index is 0. The molecule has 0 saturated carbocycles. The van der Waals surface area contributed by atoms with Gasteiger partial charge in [0.1, 0.15) is 5.00 Å². The van der Waals surface area contributed by atoms with Crippen molar-refractivity contribution in [2.24, 2.45) is 0 Å². The van der Waals surface area contributed by atoms with Gasteiger partial charge in [-0.3, -0.25) is 9.69 Å². The van der Waals surface area contributed by atoms with Crippen molar-refractivity contribution < 1.29 is 23.5 Å². The first kappa shape index (κ1) is 23.1. The van der Waals surface area contributed by atoms with Gasteiger partial charge in [-0.25, -0.2) is 4.79 Å². The Kier molecular flexibility index (Phi) is 7.25. The van der Waals surface area contributed by atoms with Gasteiger partial charge in [-0.15, -0.1) is 23.7 Å². The third-order valence-corrected chi connectivity index (χ3v) is 6.37. The first-order chi connectivity index (χ1) is 14.5. The van der Waals surface area contributed by atoms with Gasteiger partial charge in [0.2, 0.25) is 0 Å². The van der Waals surface area contributed by atoms with E-state index in [4.69, 9.17) is 13.9 Å². The molecule has 0 saturated heterocycles. The second kappa shape index (κ2) is 9.72. The number of amides is 1. The first-order valence-electron chi connectivity index (χ1n) is 9.97. The molecule has 3 aromatic rings. The van der Waals surface area contributed by atoms with Crippen molar-refractivity contribution >= 4 is 51.6 Å². The highest BCUT2D eigenvalue weighted by molar-refractivity contribution is 7.17. The summed E-state index contributed by atoms with van der Waals surface area (Å²) in [4.78, 5) is 29.0. The molecule has 4 rings (SSSR count). The first-order valence-corrected chi connectivity index (χ1v) is 10.8. The monoisotopic (exact) mass is 464 g/mol. The molecule has 1 N–H and O–H groups in total. The summed E-state index contributed by atoms with van der Waals surface area (Å²) < 4.78 is 16.3. The van der Waals surface area contributed by atoms with Crippen LogP contribution in [0.15, 0.2) is 28.7 Å². The van der Waals surface area contributed by atoms with Crippen LogP contribution in [0.2, 0.25) is 0 Å². The third-order valence-electron chi connectivity index (χ3n) is 5.24. The maximum atomic E-state index is 12.9. The van der Waals surface area contributed by atoms with Crippen LogP contribution in [0, 0.1) is 0 Å². The number of benzene rings is 1. The Labute approximate surface area is 190 Å². The number of ether oxygens (including phenoxy) is 2. The van der Waals surface area contributed by atoms with Crippen molar-refractivity contribution in [2.45, 2.75) is 26.8 Å². The predicted octanol–water partition coefficient (Wildman–Crippen LogP) is 4.73. The average Bonchev–Trinajstić information content (AvgIpc) is 3.34. The van der Waals surface area contributed by atoms with E-state index in [-0.39, 0.29) is 24.8 Å². The largest absolute Gasteiger partial charge is 0.493 e. The lowest BCUT2D eigenvalue weighted by molar-refractivity contribution is 0.0526. The number of carbonyl (C=O) groups excluding carboxylic acids is 2. The molecule has 1 aliphatic rings. The van der Waals surface area contributed by atoms with Crippen LogP contribution in [0.3, 0.4) is 0 Å². The Hall–Kier alpha value is -2.55. The molecule has 0 radical (unpaired) electrons. The van der Waals surface area contributed by atoms with Gasteiger partial charge < -0.3 is 19.2 Å². The number of para-hydroxylation sites is 1. The van der Waals surface area contributed by atoms with E-state index in [0.717, 1.165) is 41.9 Å². The highest BCUT2D eigenvalue weighted by atomic mass is 35.5. The van der Waals surface area contributed by atoms with E-state index in [1.165, 1.54) is 11.3 Å². The molecule has 1 aromatic carbocycles. The Bertz CT molecular complexity index is 1110. The molecule has 0 spiro atoms. The van der Waals surface area contributed by atoms with Gasteiger partial charge in [0, 0.05) is 23.4 Å². The second-order valence-electron chi connectivity index (χ2n) is 6.99. The van der Waals surface area contributed by atoms with Crippen molar-refractivity contribution in [1.82, 2.24) is 4.90 Å². The number of carbonyl (C=O) groups is 2. The lowest BCUT2D eigenvalue weighted by Crippen LogP contribution is -2.30. The van der Waals surface area contributed by atoms with E-state index in [0.29, 0.717) is 21.9 Å². The van der Waals surface area contributed by atoms with Crippen molar-refractivity contribution in [1.29, 1.82) is 0 Å².